The van der Waals surface area contributed by atoms with Crippen LogP contribution >= 0.6 is 0 Å². The lowest BCUT2D eigenvalue weighted by molar-refractivity contribution is 0.00153. The molecule has 1 aliphatic rings. The molecular formula is C19H28N2O5. The highest BCUT2D eigenvalue weighted by Crippen LogP contribution is 2.21. The lowest BCUT2D eigenvalue weighted by Crippen LogP contribution is -2.47. The van der Waals surface area contributed by atoms with Crippen molar-refractivity contribution in [1.29, 1.82) is 0 Å². The third kappa shape index (κ3) is 6.55. The molecule has 0 bridgehead atoms. The number of nitrogens with zero attached hydrogens (tertiary/aromatic N) is 1. The van der Waals surface area contributed by atoms with Crippen molar-refractivity contribution >= 4 is 12.2 Å². The largest absolute Gasteiger partial charge is 0.445 e. The molecule has 1 aromatic carbocycles. The van der Waals surface area contributed by atoms with Gasteiger partial charge in [0.05, 0.1) is 0 Å². The first-order chi connectivity index (χ1) is 12.2. The summed E-state index contributed by atoms with van der Waals surface area (Å²) in [5.41, 5.74) is 0.347. The van der Waals surface area contributed by atoms with E-state index in [1.807, 2.05) is 51.1 Å². The standard InChI is InChI=1S/C19H28N2O5/c1-19(2,3)26-18(24)21-11-9-15(10-12-21)16(22)20-17(23)25-13-14-7-5-4-6-8-14/h4-8,15-16,22H,9-13H2,1-3H3,(H,20,23). The maximum absolute atomic E-state index is 12.0. The molecule has 26 heavy (non-hydrogen) atoms. The molecule has 2 rings (SSSR count). The summed E-state index contributed by atoms with van der Waals surface area (Å²) in [7, 11) is 0. The Morgan fingerprint density at radius 1 is 1.23 bits per heavy atom. The van der Waals surface area contributed by atoms with Crippen molar-refractivity contribution in [1.82, 2.24) is 10.2 Å². The highest BCUT2D eigenvalue weighted by atomic mass is 16.6. The van der Waals surface area contributed by atoms with Crippen molar-refractivity contribution < 1.29 is 24.2 Å². The number of carbonyl (C=O) groups excluding carboxylic acids is 2. The van der Waals surface area contributed by atoms with Crippen LogP contribution in [0, 0.1) is 5.92 Å². The second kappa shape index (κ2) is 8.89. The topological polar surface area (TPSA) is 88.1 Å². The van der Waals surface area contributed by atoms with Crippen LogP contribution < -0.4 is 5.32 Å². The summed E-state index contributed by atoms with van der Waals surface area (Å²) in [4.78, 5) is 25.5. The molecule has 0 radical (unpaired) electrons. The van der Waals surface area contributed by atoms with E-state index >= 15 is 0 Å². The summed E-state index contributed by atoms with van der Waals surface area (Å²) >= 11 is 0. The van der Waals surface area contributed by atoms with Crippen molar-refractivity contribution in [3.63, 3.8) is 0 Å². The highest BCUT2D eigenvalue weighted by Gasteiger charge is 2.30. The van der Waals surface area contributed by atoms with Crippen molar-refractivity contribution in [3.05, 3.63) is 35.9 Å². The van der Waals surface area contributed by atoms with E-state index in [0.29, 0.717) is 25.9 Å². The highest BCUT2D eigenvalue weighted by molar-refractivity contribution is 5.68. The van der Waals surface area contributed by atoms with E-state index in [4.69, 9.17) is 9.47 Å². The smallest absolute Gasteiger partial charge is 0.410 e. The SMILES string of the molecule is CC(C)(C)OC(=O)N1CCC(C(O)NC(=O)OCc2ccccc2)CC1. The number of amides is 2. The Morgan fingerprint density at radius 3 is 2.42 bits per heavy atom. The molecule has 7 nitrogen and oxygen atoms in total. The van der Waals surface area contributed by atoms with Crippen molar-refractivity contribution in [2.45, 2.75) is 52.0 Å². The molecule has 1 aliphatic heterocycles. The lowest BCUT2D eigenvalue weighted by Gasteiger charge is -2.35. The van der Waals surface area contributed by atoms with Crippen LogP contribution in [-0.4, -0.2) is 47.1 Å². The number of aliphatic hydroxyl groups excluding tert-OH is 1. The zero-order chi connectivity index (χ0) is 19.2. The minimum Gasteiger partial charge on any atom is -0.445 e. The number of carbonyl (C=O) groups is 2. The van der Waals surface area contributed by atoms with Gasteiger partial charge in [0.2, 0.25) is 0 Å². The minimum atomic E-state index is -1.00. The molecule has 1 unspecified atom stereocenters. The molecule has 144 valence electrons. The van der Waals surface area contributed by atoms with Gasteiger partial charge in [0, 0.05) is 19.0 Å². The third-order valence-electron chi connectivity index (χ3n) is 4.12. The summed E-state index contributed by atoms with van der Waals surface area (Å²) in [5.74, 6) is -0.127. The molecule has 0 aliphatic carbocycles. The maximum Gasteiger partial charge on any atom is 0.410 e. The average Bonchev–Trinajstić information content (AvgIpc) is 2.59. The van der Waals surface area contributed by atoms with E-state index in [2.05, 4.69) is 5.32 Å². The first kappa shape index (κ1) is 20.0. The second-order valence-electron chi connectivity index (χ2n) is 7.46. The number of hydrogen-bond acceptors (Lipinski definition) is 5. The molecule has 1 heterocycles. The molecule has 0 aromatic heterocycles. The molecule has 0 saturated carbocycles. The molecule has 2 N–H and O–H groups in total. The average molecular weight is 364 g/mol. The molecule has 2 amide bonds. The molecule has 1 saturated heterocycles. The molecule has 1 fully saturated rings. The van der Waals surface area contributed by atoms with Crippen LogP contribution in [0.4, 0.5) is 9.59 Å². The number of aliphatic hydroxyl groups is 1. The number of hydrogen-bond donors (Lipinski definition) is 2. The van der Waals surface area contributed by atoms with Gasteiger partial charge >= 0.3 is 12.2 Å². The van der Waals surface area contributed by atoms with Gasteiger partial charge in [-0.15, -0.1) is 0 Å². The number of likely N-dealkylation sites (tertiary alicyclic amines) is 1. The van der Waals surface area contributed by atoms with Crippen molar-refractivity contribution in [2.24, 2.45) is 5.92 Å². The van der Waals surface area contributed by atoms with Crippen molar-refractivity contribution in [2.75, 3.05) is 13.1 Å². The quantitative estimate of drug-likeness (QED) is 0.802. The third-order valence-corrected chi connectivity index (χ3v) is 4.12. The first-order valence-corrected chi connectivity index (χ1v) is 8.88. The van der Waals surface area contributed by atoms with E-state index in [0.717, 1.165) is 5.56 Å². The Hall–Kier alpha value is -2.28. The number of rotatable bonds is 4. The molecule has 1 atom stereocenters. The number of nitrogens with one attached hydrogen (secondary N) is 1. The van der Waals surface area contributed by atoms with Gasteiger partial charge in [-0.3, -0.25) is 5.32 Å². The van der Waals surface area contributed by atoms with Crippen LogP contribution in [0.5, 0.6) is 0 Å². The van der Waals surface area contributed by atoms with Gasteiger partial charge < -0.3 is 19.5 Å². The normalized spacial score (nSPS) is 16.7. The van der Waals surface area contributed by atoms with Gasteiger partial charge in [-0.05, 0) is 39.2 Å². The van der Waals surface area contributed by atoms with E-state index in [1.165, 1.54) is 0 Å². The van der Waals surface area contributed by atoms with Crippen LogP contribution in [-0.2, 0) is 16.1 Å². The first-order valence-electron chi connectivity index (χ1n) is 8.88. The Labute approximate surface area is 154 Å². The van der Waals surface area contributed by atoms with E-state index in [-0.39, 0.29) is 18.6 Å². The summed E-state index contributed by atoms with van der Waals surface area (Å²) in [5, 5.41) is 12.7. The summed E-state index contributed by atoms with van der Waals surface area (Å²) in [6.45, 7) is 6.59. The Kier molecular flexibility index (Phi) is 6.85. The predicted molar refractivity (Wildman–Crippen MR) is 96.3 cm³/mol. The fraction of sp³-hybridized carbons (Fsp3) is 0.579. The van der Waals surface area contributed by atoms with Crippen LogP contribution in [0.2, 0.25) is 0 Å². The van der Waals surface area contributed by atoms with Crippen LogP contribution in [0.15, 0.2) is 30.3 Å². The molecule has 0 spiro atoms. The number of benzene rings is 1. The van der Waals surface area contributed by atoms with Gasteiger partial charge in [-0.25, -0.2) is 9.59 Å². The van der Waals surface area contributed by atoms with Gasteiger partial charge in [0.15, 0.2) is 0 Å². The number of piperidine rings is 1. The van der Waals surface area contributed by atoms with E-state index < -0.39 is 17.9 Å². The monoisotopic (exact) mass is 364 g/mol. The number of ether oxygens (including phenoxy) is 2. The molecule has 1 aromatic rings. The lowest BCUT2D eigenvalue weighted by atomic mass is 9.95. The Bertz CT molecular complexity index is 592. The summed E-state index contributed by atoms with van der Waals surface area (Å²) < 4.78 is 10.5. The van der Waals surface area contributed by atoms with Crippen molar-refractivity contribution in [3.8, 4) is 0 Å². The fourth-order valence-corrected chi connectivity index (χ4v) is 2.73. The molecular weight excluding hydrogens is 336 g/mol. The predicted octanol–water partition coefficient (Wildman–Crippen LogP) is 2.88. The van der Waals surface area contributed by atoms with Crippen LogP contribution in [0.1, 0.15) is 39.2 Å². The van der Waals surface area contributed by atoms with Gasteiger partial charge in [-0.1, -0.05) is 30.3 Å². The van der Waals surface area contributed by atoms with Crippen LogP contribution in [0.3, 0.4) is 0 Å². The maximum atomic E-state index is 12.0. The molecule has 7 heteroatoms. The number of alkyl carbamates (subject to hydrolysis) is 1. The van der Waals surface area contributed by atoms with Crippen LogP contribution in [0.25, 0.3) is 0 Å². The zero-order valence-electron chi connectivity index (χ0n) is 15.6. The Morgan fingerprint density at radius 2 is 1.85 bits per heavy atom. The van der Waals surface area contributed by atoms with E-state index in [1.54, 1.807) is 4.90 Å². The zero-order valence-corrected chi connectivity index (χ0v) is 15.6. The van der Waals surface area contributed by atoms with Gasteiger partial charge in [-0.2, -0.15) is 0 Å². The summed E-state index contributed by atoms with van der Waals surface area (Å²) in [6, 6.07) is 9.33. The second-order valence-corrected chi connectivity index (χ2v) is 7.46. The summed E-state index contributed by atoms with van der Waals surface area (Å²) in [6.07, 6.45) is -0.839. The Balaban J connectivity index is 1.71. The van der Waals surface area contributed by atoms with Gasteiger partial charge in [0.25, 0.3) is 0 Å². The fourth-order valence-electron chi connectivity index (χ4n) is 2.73. The van der Waals surface area contributed by atoms with E-state index in [9.17, 15) is 14.7 Å². The minimum absolute atomic E-state index is 0.127. The van der Waals surface area contributed by atoms with Gasteiger partial charge in [0.1, 0.15) is 18.4 Å².